The fraction of sp³-hybridized carbons (Fsp3) is 0.625. The molecule has 11 nitrogen and oxygen atoms in total. The van der Waals surface area contributed by atoms with E-state index in [4.69, 9.17) is 14.2 Å². The van der Waals surface area contributed by atoms with Gasteiger partial charge in [0.15, 0.2) is 0 Å². The van der Waals surface area contributed by atoms with Gasteiger partial charge in [0.25, 0.3) is 0 Å². The van der Waals surface area contributed by atoms with Crippen molar-refractivity contribution in [3.63, 3.8) is 0 Å². The van der Waals surface area contributed by atoms with Gasteiger partial charge in [-0.1, -0.05) is 32.9 Å². The number of hydrogen-bond donors (Lipinski definition) is 5. The van der Waals surface area contributed by atoms with Crippen molar-refractivity contribution in [2.24, 2.45) is 40.9 Å². The standard InChI is InChI=1S/C40H54N4O7/c1-9-21-18(2)26-16-30-25-12-10-23(38(47)50-7)35(39(48)51-8)40(25,5)32(42-30)17-28-19(3)22(11-13-33(46)49-6)36(43-28)24-14-31(45)34-20(4)27(44-37(24)34)15-29(21)41-26/h10,12,16-17,19-20,22,24,27-28,31,34-37,41-45H,9,11,13-15H2,1-8H3. The summed E-state index contributed by atoms with van der Waals surface area (Å²) >= 11 is 0. The molecule has 1 saturated carbocycles. The maximum absolute atomic E-state index is 13.8. The van der Waals surface area contributed by atoms with Gasteiger partial charge in [-0.25, -0.2) is 4.79 Å². The zero-order chi connectivity index (χ0) is 36.5. The Morgan fingerprint density at radius 1 is 1.02 bits per heavy atom. The third-order valence-electron chi connectivity index (χ3n) is 13.7. The lowest BCUT2D eigenvalue weighted by Crippen LogP contribution is -2.47. The number of hydrogen-bond acceptors (Lipinski definition) is 10. The topological polar surface area (TPSA) is 151 Å². The molecule has 1 aromatic heterocycles. The van der Waals surface area contributed by atoms with Crippen LogP contribution in [0.25, 0.3) is 6.08 Å². The molecule has 5 N–H and O–H groups in total. The molecule has 12 atom stereocenters. The number of H-pyrrole nitrogens is 1. The Kier molecular flexibility index (Phi) is 9.38. The number of aromatic nitrogens is 1. The molecule has 51 heavy (non-hydrogen) atoms. The van der Waals surface area contributed by atoms with Gasteiger partial charge in [-0.05, 0) is 85.6 Å². The fourth-order valence-electron chi connectivity index (χ4n) is 11.0. The van der Waals surface area contributed by atoms with Crippen LogP contribution in [0.3, 0.4) is 0 Å². The number of allylic oxidation sites excluding steroid dienone is 4. The van der Waals surface area contributed by atoms with E-state index in [0.717, 1.165) is 35.5 Å². The summed E-state index contributed by atoms with van der Waals surface area (Å²) in [6.45, 7) is 10.9. The van der Waals surface area contributed by atoms with Crippen molar-refractivity contribution in [2.75, 3.05) is 21.3 Å². The van der Waals surface area contributed by atoms with Gasteiger partial charge >= 0.3 is 17.9 Å². The van der Waals surface area contributed by atoms with E-state index in [1.54, 1.807) is 6.08 Å². The molecule has 11 heteroatoms. The van der Waals surface area contributed by atoms with E-state index >= 15 is 0 Å². The molecule has 7 rings (SSSR count). The molecule has 8 bridgehead atoms. The summed E-state index contributed by atoms with van der Waals surface area (Å²) in [6, 6.07) is 0.219. The number of ether oxygens (including phenoxy) is 3. The second kappa shape index (κ2) is 13.4. The third-order valence-corrected chi connectivity index (χ3v) is 13.7. The number of rotatable bonds is 6. The van der Waals surface area contributed by atoms with Gasteiger partial charge in [-0.2, -0.15) is 0 Å². The minimum atomic E-state index is -0.978. The second-order valence-electron chi connectivity index (χ2n) is 15.9. The van der Waals surface area contributed by atoms with E-state index in [0.29, 0.717) is 19.3 Å². The Balaban J connectivity index is 1.43. The van der Waals surface area contributed by atoms with E-state index in [1.807, 2.05) is 13.0 Å². The number of carbonyl (C=O) groups excluding carboxylic acids is 3. The van der Waals surface area contributed by atoms with Gasteiger partial charge in [0.2, 0.25) is 0 Å². The quantitative estimate of drug-likeness (QED) is 0.220. The average Bonchev–Trinajstić information content (AvgIpc) is 3.87. The Morgan fingerprint density at radius 2 is 1.78 bits per heavy atom. The predicted molar refractivity (Wildman–Crippen MR) is 192 cm³/mol. The highest BCUT2D eigenvalue weighted by atomic mass is 16.5. The molecule has 5 heterocycles. The molecule has 3 saturated heterocycles. The van der Waals surface area contributed by atoms with Gasteiger partial charge in [-0.3, -0.25) is 9.59 Å². The first kappa shape index (κ1) is 35.7. The van der Waals surface area contributed by atoms with Crippen LogP contribution in [0.5, 0.6) is 0 Å². The van der Waals surface area contributed by atoms with Crippen molar-refractivity contribution in [1.29, 1.82) is 0 Å². The van der Waals surface area contributed by atoms with Crippen LogP contribution >= 0.6 is 0 Å². The predicted octanol–water partition coefficient (Wildman–Crippen LogP) is 3.62. The Morgan fingerprint density at radius 3 is 2.47 bits per heavy atom. The number of aliphatic hydroxyl groups excluding tert-OH is 1. The lowest BCUT2D eigenvalue weighted by molar-refractivity contribution is -0.150. The SMILES string of the molecule is CCc1c2[nH]c(c1C)C=C1NC(=CC3NC(C(CCC(=O)OC)C3C)C3CC(O)C4C(C)C(C2)NC34)C2(C)C1=CC=C(C(=O)OC)C2C(=O)OC. The average molecular weight is 703 g/mol. The maximum Gasteiger partial charge on any atom is 0.334 e. The van der Waals surface area contributed by atoms with Crippen LogP contribution in [0.2, 0.25) is 0 Å². The van der Waals surface area contributed by atoms with Crippen molar-refractivity contribution in [2.45, 2.75) is 97.0 Å². The monoisotopic (exact) mass is 702 g/mol. The summed E-state index contributed by atoms with van der Waals surface area (Å²) in [5.74, 6) is -1.49. The first-order chi connectivity index (χ1) is 24.4. The lowest BCUT2D eigenvalue weighted by Gasteiger charge is -2.37. The van der Waals surface area contributed by atoms with Crippen molar-refractivity contribution in [3.8, 4) is 0 Å². The zero-order valence-electron chi connectivity index (χ0n) is 31.1. The fourth-order valence-corrected chi connectivity index (χ4v) is 11.0. The number of nitrogens with one attached hydrogen (secondary N) is 4. The van der Waals surface area contributed by atoms with Crippen LogP contribution in [-0.2, 0) is 41.4 Å². The van der Waals surface area contributed by atoms with Crippen LogP contribution in [0, 0.1) is 47.8 Å². The van der Waals surface area contributed by atoms with E-state index < -0.39 is 29.4 Å². The molecule has 0 spiro atoms. The van der Waals surface area contributed by atoms with E-state index in [-0.39, 0.29) is 65.3 Å². The van der Waals surface area contributed by atoms with Crippen molar-refractivity contribution in [3.05, 3.63) is 63.3 Å². The second-order valence-corrected chi connectivity index (χ2v) is 15.9. The van der Waals surface area contributed by atoms with Crippen molar-refractivity contribution < 1.29 is 33.7 Å². The lowest BCUT2D eigenvalue weighted by atomic mass is 9.64. The zero-order valence-corrected chi connectivity index (χ0v) is 31.1. The highest BCUT2D eigenvalue weighted by molar-refractivity contribution is 5.98. The largest absolute Gasteiger partial charge is 0.469 e. The molecule has 0 amide bonds. The number of aliphatic hydroxyl groups is 1. The summed E-state index contributed by atoms with van der Waals surface area (Å²) in [6.07, 6.45) is 10.9. The summed E-state index contributed by atoms with van der Waals surface area (Å²) in [4.78, 5) is 43.2. The number of esters is 3. The van der Waals surface area contributed by atoms with Crippen LogP contribution in [-0.4, -0.2) is 79.6 Å². The van der Waals surface area contributed by atoms with Gasteiger partial charge in [0.05, 0.1) is 38.4 Å². The molecule has 0 radical (unpaired) electrons. The highest BCUT2D eigenvalue weighted by Crippen LogP contribution is 2.56. The summed E-state index contributed by atoms with van der Waals surface area (Å²) in [5, 5.41) is 23.4. The van der Waals surface area contributed by atoms with E-state index in [1.165, 1.54) is 38.2 Å². The molecule has 0 aromatic carbocycles. The van der Waals surface area contributed by atoms with Crippen LogP contribution in [0.15, 0.2) is 40.8 Å². The summed E-state index contributed by atoms with van der Waals surface area (Å²) in [7, 11) is 4.10. The molecule has 6 aliphatic rings. The maximum atomic E-state index is 13.8. The number of aromatic amines is 1. The third kappa shape index (κ3) is 5.53. The van der Waals surface area contributed by atoms with Gasteiger partial charge in [-0.15, -0.1) is 0 Å². The minimum absolute atomic E-state index is 0.0283. The molecule has 276 valence electrons. The molecule has 4 fully saturated rings. The van der Waals surface area contributed by atoms with E-state index in [2.05, 4.69) is 60.8 Å². The Labute approximate surface area is 300 Å². The smallest absolute Gasteiger partial charge is 0.334 e. The van der Waals surface area contributed by atoms with Gasteiger partial charge in [0, 0.05) is 65.7 Å². The number of carbonyl (C=O) groups is 3. The number of fused-ring (bicyclic) bond motifs is 11. The first-order valence-electron chi connectivity index (χ1n) is 18.6. The van der Waals surface area contributed by atoms with Crippen LogP contribution in [0.1, 0.15) is 69.5 Å². The molecule has 1 aromatic rings. The summed E-state index contributed by atoms with van der Waals surface area (Å²) < 4.78 is 15.6. The Bertz CT molecular complexity index is 1740. The molecular weight excluding hydrogens is 648 g/mol. The highest BCUT2D eigenvalue weighted by Gasteiger charge is 2.59. The van der Waals surface area contributed by atoms with Crippen molar-refractivity contribution >= 4 is 24.0 Å². The van der Waals surface area contributed by atoms with Crippen LogP contribution in [0.4, 0.5) is 0 Å². The molecule has 2 aliphatic carbocycles. The molecular formula is C40H54N4O7. The summed E-state index contributed by atoms with van der Waals surface area (Å²) in [5.41, 5.74) is 6.46. The van der Waals surface area contributed by atoms with Crippen LogP contribution < -0.4 is 16.0 Å². The molecule has 12 unspecified atom stereocenters. The minimum Gasteiger partial charge on any atom is -0.469 e. The van der Waals surface area contributed by atoms with Crippen molar-refractivity contribution in [1.82, 2.24) is 20.9 Å². The van der Waals surface area contributed by atoms with E-state index in [9.17, 15) is 19.5 Å². The Hall–Kier alpha value is -3.67. The van der Waals surface area contributed by atoms with Gasteiger partial charge < -0.3 is 40.3 Å². The molecule has 4 aliphatic heterocycles. The normalized spacial score (nSPS) is 37.8. The first-order valence-corrected chi connectivity index (χ1v) is 18.6. The van der Waals surface area contributed by atoms with Gasteiger partial charge in [0.1, 0.15) is 5.92 Å². The number of methoxy groups -OCH3 is 3.